The van der Waals surface area contributed by atoms with Crippen LogP contribution in [-0.4, -0.2) is 11.8 Å². The van der Waals surface area contributed by atoms with E-state index < -0.39 is 11.8 Å². The summed E-state index contributed by atoms with van der Waals surface area (Å²) < 4.78 is 5.57. The minimum absolute atomic E-state index is 0.128. The van der Waals surface area contributed by atoms with Gasteiger partial charge in [-0.05, 0) is 18.2 Å². The molecule has 0 unspecified atom stereocenters. The maximum absolute atomic E-state index is 11.3. The van der Waals surface area contributed by atoms with Crippen molar-refractivity contribution >= 4 is 11.8 Å². The van der Waals surface area contributed by atoms with Crippen molar-refractivity contribution in [3.63, 3.8) is 0 Å². The van der Waals surface area contributed by atoms with Gasteiger partial charge in [0.1, 0.15) is 12.4 Å². The number of para-hydroxylation sites is 1. The summed E-state index contributed by atoms with van der Waals surface area (Å²) in [5.41, 5.74) is 11.9. The molecular weight excluding hydrogens is 256 g/mol. The van der Waals surface area contributed by atoms with Crippen molar-refractivity contribution < 1.29 is 14.3 Å². The summed E-state index contributed by atoms with van der Waals surface area (Å²) in [7, 11) is 0. The van der Waals surface area contributed by atoms with Crippen LogP contribution in [-0.2, 0) is 6.61 Å². The molecule has 0 fully saturated rings. The SMILES string of the molecule is NC(=O)c1ccccc1COc1ccccc1C(N)=O. The van der Waals surface area contributed by atoms with Crippen molar-refractivity contribution in [1.82, 2.24) is 0 Å². The Morgan fingerprint density at radius 2 is 1.40 bits per heavy atom. The van der Waals surface area contributed by atoms with Crippen molar-refractivity contribution in [2.75, 3.05) is 0 Å². The number of benzene rings is 2. The molecule has 20 heavy (non-hydrogen) atoms. The van der Waals surface area contributed by atoms with Crippen LogP contribution in [0.2, 0.25) is 0 Å². The highest BCUT2D eigenvalue weighted by Gasteiger charge is 2.11. The summed E-state index contributed by atoms with van der Waals surface area (Å²) in [6.45, 7) is 0.128. The monoisotopic (exact) mass is 270 g/mol. The maximum Gasteiger partial charge on any atom is 0.252 e. The van der Waals surface area contributed by atoms with Crippen molar-refractivity contribution in [1.29, 1.82) is 0 Å². The zero-order chi connectivity index (χ0) is 14.5. The van der Waals surface area contributed by atoms with Gasteiger partial charge in [-0.2, -0.15) is 0 Å². The molecule has 0 spiro atoms. The third-order valence-corrected chi connectivity index (χ3v) is 2.82. The average Bonchev–Trinajstić information content (AvgIpc) is 2.45. The third kappa shape index (κ3) is 2.95. The van der Waals surface area contributed by atoms with E-state index in [9.17, 15) is 9.59 Å². The van der Waals surface area contributed by atoms with Crippen LogP contribution in [0.4, 0.5) is 0 Å². The smallest absolute Gasteiger partial charge is 0.252 e. The number of primary amides is 2. The molecule has 5 heteroatoms. The molecular formula is C15H14N2O3. The van der Waals surface area contributed by atoms with Crippen LogP contribution in [0, 0.1) is 0 Å². The number of hydrogen-bond donors (Lipinski definition) is 2. The lowest BCUT2D eigenvalue weighted by Crippen LogP contribution is -2.16. The van der Waals surface area contributed by atoms with E-state index in [-0.39, 0.29) is 6.61 Å². The molecule has 2 rings (SSSR count). The molecule has 2 aromatic rings. The summed E-state index contributed by atoms with van der Waals surface area (Å²) >= 11 is 0. The molecule has 0 aliphatic rings. The third-order valence-electron chi connectivity index (χ3n) is 2.82. The topological polar surface area (TPSA) is 95.4 Å². The molecule has 0 radical (unpaired) electrons. The molecule has 0 heterocycles. The van der Waals surface area contributed by atoms with Crippen molar-refractivity contribution in [2.45, 2.75) is 6.61 Å². The molecule has 2 amide bonds. The Hall–Kier alpha value is -2.82. The van der Waals surface area contributed by atoms with Gasteiger partial charge in [-0.1, -0.05) is 30.3 Å². The summed E-state index contributed by atoms with van der Waals surface area (Å²) in [5, 5.41) is 0. The molecule has 0 saturated heterocycles. The number of rotatable bonds is 5. The number of carbonyl (C=O) groups excluding carboxylic acids is 2. The molecule has 0 bridgehead atoms. The highest BCUT2D eigenvalue weighted by Crippen LogP contribution is 2.19. The minimum atomic E-state index is -0.566. The zero-order valence-corrected chi connectivity index (χ0v) is 10.7. The molecule has 2 aromatic carbocycles. The van der Waals surface area contributed by atoms with Gasteiger partial charge in [-0.25, -0.2) is 0 Å². The first-order valence-corrected chi connectivity index (χ1v) is 5.99. The minimum Gasteiger partial charge on any atom is -0.488 e. The first kappa shape index (κ1) is 13.6. The van der Waals surface area contributed by atoms with Crippen molar-refractivity contribution in [3.05, 3.63) is 65.2 Å². The first-order chi connectivity index (χ1) is 9.59. The fourth-order valence-corrected chi connectivity index (χ4v) is 1.84. The van der Waals surface area contributed by atoms with E-state index in [1.807, 2.05) is 0 Å². The Bertz CT molecular complexity index is 596. The number of hydrogen-bond acceptors (Lipinski definition) is 3. The molecule has 0 aliphatic heterocycles. The number of amides is 2. The van der Waals surface area contributed by atoms with Crippen LogP contribution in [0.15, 0.2) is 48.5 Å². The first-order valence-electron chi connectivity index (χ1n) is 5.99. The molecule has 4 N–H and O–H groups in total. The maximum atomic E-state index is 11.3. The van der Waals surface area contributed by atoms with Gasteiger partial charge in [0.15, 0.2) is 0 Å². The lowest BCUT2D eigenvalue weighted by molar-refractivity contribution is 0.0985. The van der Waals surface area contributed by atoms with E-state index in [4.69, 9.17) is 16.2 Å². The van der Waals surface area contributed by atoms with Crippen molar-refractivity contribution in [2.24, 2.45) is 11.5 Å². The Morgan fingerprint density at radius 3 is 2.05 bits per heavy atom. The van der Waals surface area contributed by atoms with Gasteiger partial charge in [0, 0.05) is 11.1 Å². The summed E-state index contributed by atoms with van der Waals surface area (Å²) in [5.74, 6) is -0.713. The predicted molar refractivity (Wildman–Crippen MR) is 74.3 cm³/mol. The van der Waals surface area contributed by atoms with Gasteiger partial charge >= 0.3 is 0 Å². The Morgan fingerprint density at radius 1 is 0.850 bits per heavy atom. The lowest BCUT2D eigenvalue weighted by atomic mass is 10.1. The second-order valence-electron chi connectivity index (χ2n) is 4.17. The Labute approximate surface area is 116 Å². The van der Waals surface area contributed by atoms with Crippen LogP contribution in [0.1, 0.15) is 26.3 Å². The predicted octanol–water partition coefficient (Wildman–Crippen LogP) is 1.46. The molecule has 0 aliphatic carbocycles. The summed E-state index contributed by atoms with van der Waals surface area (Å²) in [6.07, 6.45) is 0. The highest BCUT2D eigenvalue weighted by atomic mass is 16.5. The fourth-order valence-electron chi connectivity index (χ4n) is 1.84. The summed E-state index contributed by atoms with van der Waals surface area (Å²) in [6, 6.07) is 13.5. The Balaban J connectivity index is 2.22. The van der Waals surface area contributed by atoms with Crippen LogP contribution in [0.3, 0.4) is 0 Å². The van der Waals surface area contributed by atoms with Crippen LogP contribution in [0.5, 0.6) is 5.75 Å². The molecule has 0 saturated carbocycles. The molecule has 102 valence electrons. The standard InChI is InChI=1S/C15H14N2O3/c16-14(18)11-6-2-1-5-10(11)9-20-13-8-4-3-7-12(13)15(17)19/h1-8H,9H2,(H2,16,18)(H2,17,19). The van der Waals surface area contributed by atoms with Gasteiger partial charge in [0.05, 0.1) is 5.56 Å². The van der Waals surface area contributed by atoms with E-state index >= 15 is 0 Å². The Kier molecular flexibility index (Phi) is 4.00. The normalized spacial score (nSPS) is 10.0. The van der Waals surface area contributed by atoms with Gasteiger partial charge in [-0.15, -0.1) is 0 Å². The molecule has 0 aromatic heterocycles. The zero-order valence-electron chi connectivity index (χ0n) is 10.7. The largest absolute Gasteiger partial charge is 0.488 e. The van der Waals surface area contributed by atoms with Gasteiger partial charge < -0.3 is 16.2 Å². The lowest BCUT2D eigenvalue weighted by Gasteiger charge is -2.11. The van der Waals surface area contributed by atoms with E-state index in [1.54, 1.807) is 48.5 Å². The van der Waals surface area contributed by atoms with E-state index in [0.717, 1.165) is 0 Å². The van der Waals surface area contributed by atoms with E-state index in [2.05, 4.69) is 0 Å². The van der Waals surface area contributed by atoms with E-state index in [1.165, 1.54) is 0 Å². The van der Waals surface area contributed by atoms with Gasteiger partial charge in [-0.3, -0.25) is 9.59 Å². The number of ether oxygens (including phenoxy) is 1. The fraction of sp³-hybridized carbons (Fsp3) is 0.0667. The van der Waals surface area contributed by atoms with Crippen molar-refractivity contribution in [3.8, 4) is 5.75 Å². The van der Waals surface area contributed by atoms with Gasteiger partial charge in [0.2, 0.25) is 5.91 Å². The van der Waals surface area contributed by atoms with Crippen LogP contribution in [0.25, 0.3) is 0 Å². The highest BCUT2D eigenvalue weighted by molar-refractivity contribution is 5.95. The molecule has 5 nitrogen and oxygen atoms in total. The average molecular weight is 270 g/mol. The van der Waals surface area contributed by atoms with Crippen LogP contribution >= 0.6 is 0 Å². The summed E-state index contributed by atoms with van der Waals surface area (Å²) in [4.78, 5) is 22.6. The van der Waals surface area contributed by atoms with Crippen LogP contribution < -0.4 is 16.2 Å². The van der Waals surface area contributed by atoms with Gasteiger partial charge in [0.25, 0.3) is 5.91 Å². The number of carbonyl (C=O) groups is 2. The number of nitrogens with two attached hydrogens (primary N) is 2. The second-order valence-corrected chi connectivity index (χ2v) is 4.17. The molecule has 0 atom stereocenters. The second kappa shape index (κ2) is 5.88. The quantitative estimate of drug-likeness (QED) is 0.861. The van der Waals surface area contributed by atoms with E-state index in [0.29, 0.717) is 22.4 Å².